The fourth-order valence-electron chi connectivity index (χ4n) is 2.54. The summed E-state index contributed by atoms with van der Waals surface area (Å²) in [6.07, 6.45) is 4.86. The number of thioether (sulfide) groups is 1. The van der Waals surface area contributed by atoms with Gasteiger partial charge in [0.2, 0.25) is 5.16 Å². The maximum Gasteiger partial charge on any atom is 0.209 e. The molecule has 1 aromatic heterocycles. The highest BCUT2D eigenvalue weighted by molar-refractivity contribution is 7.98. The van der Waals surface area contributed by atoms with E-state index in [9.17, 15) is 0 Å². The Morgan fingerprint density at radius 2 is 2.20 bits per heavy atom. The third-order valence-corrected chi connectivity index (χ3v) is 4.56. The monoisotopic (exact) mass is 285 g/mol. The van der Waals surface area contributed by atoms with Gasteiger partial charge in [-0.05, 0) is 41.0 Å². The lowest BCUT2D eigenvalue weighted by Crippen LogP contribution is -2.08. The molecule has 0 radical (unpaired) electrons. The molecular formula is C14H15N5S. The van der Waals surface area contributed by atoms with Gasteiger partial charge >= 0.3 is 0 Å². The van der Waals surface area contributed by atoms with Crippen molar-refractivity contribution in [3.63, 3.8) is 0 Å². The van der Waals surface area contributed by atoms with Gasteiger partial charge in [-0.3, -0.25) is 0 Å². The Morgan fingerprint density at radius 3 is 3.00 bits per heavy atom. The van der Waals surface area contributed by atoms with E-state index < -0.39 is 0 Å². The van der Waals surface area contributed by atoms with Gasteiger partial charge in [-0.2, -0.15) is 5.26 Å². The van der Waals surface area contributed by atoms with Crippen LogP contribution in [-0.2, 0) is 5.75 Å². The van der Waals surface area contributed by atoms with E-state index in [1.807, 2.05) is 28.9 Å². The van der Waals surface area contributed by atoms with Crippen LogP contribution in [0.15, 0.2) is 29.4 Å². The first-order valence-corrected chi connectivity index (χ1v) is 7.75. The van der Waals surface area contributed by atoms with Gasteiger partial charge in [0, 0.05) is 5.75 Å². The van der Waals surface area contributed by atoms with Crippen molar-refractivity contribution < 1.29 is 0 Å². The first-order valence-electron chi connectivity index (χ1n) is 6.76. The van der Waals surface area contributed by atoms with Crippen molar-refractivity contribution in [1.82, 2.24) is 20.2 Å². The lowest BCUT2D eigenvalue weighted by atomic mass is 10.2. The second-order valence-electron chi connectivity index (χ2n) is 4.95. The molecule has 1 aromatic carbocycles. The second-order valence-corrected chi connectivity index (χ2v) is 5.89. The third-order valence-electron chi connectivity index (χ3n) is 3.56. The Balaban J connectivity index is 1.69. The molecule has 20 heavy (non-hydrogen) atoms. The lowest BCUT2D eigenvalue weighted by Gasteiger charge is -2.10. The largest absolute Gasteiger partial charge is 0.217 e. The molecule has 0 atom stereocenters. The van der Waals surface area contributed by atoms with Crippen molar-refractivity contribution >= 4 is 11.8 Å². The van der Waals surface area contributed by atoms with E-state index in [-0.39, 0.29) is 0 Å². The zero-order valence-corrected chi connectivity index (χ0v) is 11.9. The van der Waals surface area contributed by atoms with Crippen molar-refractivity contribution in [3.8, 4) is 6.07 Å². The van der Waals surface area contributed by atoms with E-state index in [0.717, 1.165) is 16.5 Å². The smallest absolute Gasteiger partial charge is 0.209 e. The first-order chi connectivity index (χ1) is 9.86. The molecule has 1 aliphatic rings. The highest BCUT2D eigenvalue weighted by Crippen LogP contribution is 2.32. The zero-order chi connectivity index (χ0) is 13.8. The maximum absolute atomic E-state index is 8.91. The van der Waals surface area contributed by atoms with E-state index in [0.29, 0.717) is 11.6 Å². The number of rotatable bonds is 4. The quantitative estimate of drug-likeness (QED) is 0.808. The van der Waals surface area contributed by atoms with Crippen molar-refractivity contribution in [3.05, 3.63) is 35.4 Å². The summed E-state index contributed by atoms with van der Waals surface area (Å²) in [6.45, 7) is 0. The van der Waals surface area contributed by atoms with Crippen LogP contribution in [0.25, 0.3) is 0 Å². The fourth-order valence-corrected chi connectivity index (χ4v) is 3.42. The standard InChI is InChI=1S/C14H15N5S/c15-9-11-4-3-5-12(8-11)10-20-14-16-17-18-19(14)13-6-1-2-7-13/h3-5,8,13H,1-2,6-7,10H2. The van der Waals surface area contributed by atoms with E-state index in [4.69, 9.17) is 5.26 Å². The van der Waals surface area contributed by atoms with E-state index in [2.05, 4.69) is 21.6 Å². The summed E-state index contributed by atoms with van der Waals surface area (Å²) in [5.74, 6) is 0.780. The molecule has 102 valence electrons. The molecule has 0 amide bonds. The predicted molar refractivity (Wildman–Crippen MR) is 76.0 cm³/mol. The van der Waals surface area contributed by atoms with E-state index in [1.165, 1.54) is 25.7 Å². The molecule has 1 saturated carbocycles. The molecule has 0 aliphatic heterocycles. The van der Waals surface area contributed by atoms with Crippen molar-refractivity contribution in [2.45, 2.75) is 42.6 Å². The Bertz CT molecular complexity index is 624. The van der Waals surface area contributed by atoms with Gasteiger partial charge in [0.15, 0.2) is 0 Å². The van der Waals surface area contributed by atoms with Gasteiger partial charge in [-0.1, -0.05) is 36.7 Å². The minimum absolute atomic E-state index is 0.456. The van der Waals surface area contributed by atoms with Crippen molar-refractivity contribution in [1.29, 1.82) is 5.26 Å². The van der Waals surface area contributed by atoms with Crippen LogP contribution >= 0.6 is 11.8 Å². The molecule has 1 fully saturated rings. The SMILES string of the molecule is N#Cc1cccc(CSc2nnnn2C2CCCC2)c1. The summed E-state index contributed by atoms with van der Waals surface area (Å²) < 4.78 is 1.96. The van der Waals surface area contributed by atoms with Crippen LogP contribution in [0, 0.1) is 11.3 Å². The Morgan fingerprint density at radius 1 is 1.35 bits per heavy atom. The number of hydrogen-bond donors (Lipinski definition) is 0. The van der Waals surface area contributed by atoms with Crippen LogP contribution in [0.1, 0.15) is 42.9 Å². The first kappa shape index (κ1) is 13.1. The van der Waals surface area contributed by atoms with Gasteiger partial charge in [-0.15, -0.1) is 5.10 Å². The Labute approximate surface area is 122 Å². The molecule has 5 nitrogen and oxygen atoms in total. The number of aromatic nitrogens is 4. The molecule has 0 N–H and O–H groups in total. The van der Waals surface area contributed by atoms with Crippen LogP contribution in [0.4, 0.5) is 0 Å². The maximum atomic E-state index is 8.91. The number of hydrogen-bond acceptors (Lipinski definition) is 5. The Kier molecular flexibility index (Phi) is 3.97. The average molecular weight is 285 g/mol. The summed E-state index contributed by atoms with van der Waals surface area (Å²) in [7, 11) is 0. The number of tetrazole rings is 1. The second kappa shape index (κ2) is 6.06. The normalized spacial score (nSPS) is 15.3. The number of nitriles is 1. The minimum atomic E-state index is 0.456. The molecule has 0 saturated heterocycles. The van der Waals surface area contributed by atoms with Crippen molar-refractivity contribution in [2.24, 2.45) is 0 Å². The van der Waals surface area contributed by atoms with Gasteiger partial charge in [0.1, 0.15) is 0 Å². The van der Waals surface area contributed by atoms with Gasteiger partial charge in [-0.25, -0.2) is 4.68 Å². The fraction of sp³-hybridized carbons (Fsp3) is 0.429. The number of benzene rings is 1. The summed E-state index contributed by atoms with van der Waals surface area (Å²) in [6, 6.07) is 10.3. The van der Waals surface area contributed by atoms with Crippen LogP contribution in [-0.4, -0.2) is 20.2 Å². The van der Waals surface area contributed by atoms with Crippen LogP contribution in [0.2, 0.25) is 0 Å². The van der Waals surface area contributed by atoms with E-state index in [1.54, 1.807) is 11.8 Å². The van der Waals surface area contributed by atoms with Gasteiger partial charge < -0.3 is 0 Å². The molecule has 0 spiro atoms. The molecule has 0 bridgehead atoms. The molecule has 0 unspecified atom stereocenters. The molecule has 3 rings (SSSR count). The number of nitrogens with zero attached hydrogens (tertiary/aromatic N) is 5. The van der Waals surface area contributed by atoms with E-state index >= 15 is 0 Å². The summed E-state index contributed by atoms with van der Waals surface area (Å²) in [4.78, 5) is 0. The van der Waals surface area contributed by atoms with Gasteiger partial charge in [0.25, 0.3) is 0 Å². The molecule has 2 aromatic rings. The Hall–Kier alpha value is -1.87. The third kappa shape index (κ3) is 2.83. The molecule has 1 heterocycles. The minimum Gasteiger partial charge on any atom is -0.217 e. The zero-order valence-electron chi connectivity index (χ0n) is 11.1. The average Bonchev–Trinajstić information content (AvgIpc) is 3.16. The summed E-state index contributed by atoms with van der Waals surface area (Å²) in [5.41, 5.74) is 1.81. The highest BCUT2D eigenvalue weighted by atomic mass is 32.2. The molecule has 6 heteroatoms. The van der Waals surface area contributed by atoms with Crippen LogP contribution < -0.4 is 0 Å². The topological polar surface area (TPSA) is 67.4 Å². The highest BCUT2D eigenvalue weighted by Gasteiger charge is 2.21. The molecular weight excluding hydrogens is 270 g/mol. The summed E-state index contributed by atoms with van der Waals surface area (Å²) in [5, 5.41) is 21.8. The molecule has 1 aliphatic carbocycles. The van der Waals surface area contributed by atoms with Crippen molar-refractivity contribution in [2.75, 3.05) is 0 Å². The lowest BCUT2D eigenvalue weighted by molar-refractivity contribution is 0.423. The van der Waals surface area contributed by atoms with Crippen LogP contribution in [0.5, 0.6) is 0 Å². The summed E-state index contributed by atoms with van der Waals surface area (Å²) >= 11 is 1.63. The van der Waals surface area contributed by atoms with Crippen LogP contribution in [0.3, 0.4) is 0 Å². The van der Waals surface area contributed by atoms with Gasteiger partial charge in [0.05, 0.1) is 17.7 Å². The predicted octanol–water partition coefficient (Wildman–Crippen LogP) is 2.95.